The SMILES string of the molecule is COc1ccc2cc(COC(=O)c3ccccc3NC(=O)CSc3nccn3C)c(Cl)nc2c1. The highest BCUT2D eigenvalue weighted by Crippen LogP contribution is 2.25. The summed E-state index contributed by atoms with van der Waals surface area (Å²) in [5.74, 6) is -0.0200. The van der Waals surface area contributed by atoms with Gasteiger partial charge in [0.15, 0.2) is 5.16 Å². The number of rotatable bonds is 8. The molecule has 0 unspecified atom stereocenters. The third-order valence-corrected chi connectivity index (χ3v) is 6.33. The van der Waals surface area contributed by atoms with E-state index in [9.17, 15) is 9.59 Å². The van der Waals surface area contributed by atoms with E-state index in [1.54, 1.807) is 49.8 Å². The number of aromatic nitrogens is 3. The van der Waals surface area contributed by atoms with Gasteiger partial charge in [0.25, 0.3) is 0 Å². The molecule has 2 heterocycles. The van der Waals surface area contributed by atoms with E-state index in [4.69, 9.17) is 21.1 Å². The number of ether oxygens (including phenoxy) is 2. The lowest BCUT2D eigenvalue weighted by Gasteiger charge is -2.12. The van der Waals surface area contributed by atoms with E-state index in [0.717, 1.165) is 10.5 Å². The molecule has 4 aromatic rings. The molecular weight excluding hydrogens is 476 g/mol. The number of imidazole rings is 1. The number of amides is 1. The summed E-state index contributed by atoms with van der Waals surface area (Å²) < 4.78 is 12.5. The van der Waals surface area contributed by atoms with Gasteiger partial charge in [0, 0.05) is 36.5 Å². The molecule has 1 N–H and O–H groups in total. The Morgan fingerprint density at radius 3 is 2.76 bits per heavy atom. The van der Waals surface area contributed by atoms with Crippen LogP contribution in [0.15, 0.2) is 66.1 Å². The Bertz CT molecular complexity index is 1360. The van der Waals surface area contributed by atoms with Crippen LogP contribution in [0.2, 0.25) is 5.15 Å². The third-order valence-electron chi connectivity index (χ3n) is 4.94. The van der Waals surface area contributed by atoms with E-state index in [1.807, 2.05) is 29.8 Å². The number of nitrogens with zero attached hydrogens (tertiary/aromatic N) is 3. The van der Waals surface area contributed by atoms with E-state index >= 15 is 0 Å². The van der Waals surface area contributed by atoms with Gasteiger partial charge in [-0.2, -0.15) is 0 Å². The fourth-order valence-electron chi connectivity index (χ4n) is 3.19. The van der Waals surface area contributed by atoms with Gasteiger partial charge < -0.3 is 19.4 Å². The number of fused-ring (bicyclic) bond motifs is 1. The smallest absolute Gasteiger partial charge is 0.340 e. The molecule has 0 aliphatic carbocycles. The first-order valence-corrected chi connectivity index (χ1v) is 11.6. The van der Waals surface area contributed by atoms with Crippen LogP contribution >= 0.6 is 23.4 Å². The molecule has 2 aromatic carbocycles. The van der Waals surface area contributed by atoms with E-state index < -0.39 is 5.97 Å². The zero-order valence-corrected chi connectivity index (χ0v) is 20.0. The molecule has 0 atom stereocenters. The second-order valence-corrected chi connectivity index (χ2v) is 8.58. The van der Waals surface area contributed by atoms with Gasteiger partial charge in [-0.05, 0) is 30.3 Å². The van der Waals surface area contributed by atoms with Crippen LogP contribution in [0.5, 0.6) is 5.75 Å². The van der Waals surface area contributed by atoms with Crippen LogP contribution < -0.4 is 10.1 Å². The second-order valence-electron chi connectivity index (χ2n) is 7.28. The first-order chi connectivity index (χ1) is 16.4. The van der Waals surface area contributed by atoms with Crippen molar-refractivity contribution in [3.05, 3.63) is 77.2 Å². The van der Waals surface area contributed by atoms with Gasteiger partial charge in [0.05, 0.1) is 29.6 Å². The zero-order valence-electron chi connectivity index (χ0n) is 18.4. The van der Waals surface area contributed by atoms with Crippen LogP contribution in [0.1, 0.15) is 15.9 Å². The second kappa shape index (κ2) is 10.6. The highest BCUT2D eigenvalue weighted by Gasteiger charge is 2.16. The molecule has 0 fully saturated rings. The molecule has 4 rings (SSSR count). The van der Waals surface area contributed by atoms with Gasteiger partial charge in [-0.25, -0.2) is 14.8 Å². The number of esters is 1. The van der Waals surface area contributed by atoms with Crippen molar-refractivity contribution in [2.45, 2.75) is 11.8 Å². The lowest BCUT2D eigenvalue weighted by Crippen LogP contribution is -2.17. The third kappa shape index (κ3) is 5.49. The Labute approximate surface area is 205 Å². The molecule has 0 bridgehead atoms. The van der Waals surface area contributed by atoms with Crippen molar-refractivity contribution in [1.82, 2.24) is 14.5 Å². The van der Waals surface area contributed by atoms with E-state index in [0.29, 0.717) is 22.5 Å². The predicted octanol–water partition coefficient (Wildman–Crippen LogP) is 4.72. The number of benzene rings is 2. The number of thioether (sulfide) groups is 1. The molecule has 0 radical (unpaired) electrons. The largest absolute Gasteiger partial charge is 0.497 e. The average Bonchev–Trinajstić information content (AvgIpc) is 3.25. The topological polar surface area (TPSA) is 95.3 Å². The molecule has 0 saturated carbocycles. The first-order valence-electron chi connectivity index (χ1n) is 10.2. The maximum atomic E-state index is 12.8. The van der Waals surface area contributed by atoms with Crippen LogP contribution in [-0.2, 0) is 23.2 Å². The maximum Gasteiger partial charge on any atom is 0.340 e. The van der Waals surface area contributed by atoms with Crippen LogP contribution in [0, 0.1) is 0 Å². The molecular formula is C24H21ClN4O4S. The number of methoxy groups -OCH3 is 1. The lowest BCUT2D eigenvalue weighted by molar-refractivity contribution is -0.113. The number of hydrogen-bond donors (Lipinski definition) is 1. The van der Waals surface area contributed by atoms with E-state index in [-0.39, 0.29) is 29.0 Å². The molecule has 10 heteroatoms. The number of carbonyl (C=O) groups excluding carboxylic acids is 2. The summed E-state index contributed by atoms with van der Waals surface area (Å²) in [6.45, 7) is -0.0655. The van der Waals surface area contributed by atoms with Crippen molar-refractivity contribution < 1.29 is 19.1 Å². The number of pyridine rings is 1. The molecule has 34 heavy (non-hydrogen) atoms. The van der Waals surface area contributed by atoms with E-state index in [2.05, 4.69) is 15.3 Å². The monoisotopic (exact) mass is 496 g/mol. The molecule has 0 aliphatic heterocycles. The number of hydrogen-bond acceptors (Lipinski definition) is 7. The van der Waals surface area contributed by atoms with Crippen LogP contribution in [-0.4, -0.2) is 39.3 Å². The van der Waals surface area contributed by atoms with Crippen LogP contribution in [0.25, 0.3) is 10.9 Å². The van der Waals surface area contributed by atoms with Gasteiger partial charge in [0.2, 0.25) is 5.91 Å². The van der Waals surface area contributed by atoms with Gasteiger partial charge in [-0.15, -0.1) is 0 Å². The Balaban J connectivity index is 1.42. The lowest BCUT2D eigenvalue weighted by atomic mass is 10.1. The zero-order chi connectivity index (χ0) is 24.1. The molecule has 1 amide bonds. The number of aryl methyl sites for hydroxylation is 1. The van der Waals surface area contributed by atoms with Crippen molar-refractivity contribution in [2.75, 3.05) is 18.2 Å². The van der Waals surface area contributed by atoms with Crippen molar-refractivity contribution in [3.63, 3.8) is 0 Å². The molecule has 174 valence electrons. The predicted molar refractivity (Wildman–Crippen MR) is 131 cm³/mol. The Kier molecular flexibility index (Phi) is 7.34. The number of para-hydroxylation sites is 1. The number of halogens is 1. The molecule has 0 spiro atoms. The van der Waals surface area contributed by atoms with Crippen molar-refractivity contribution in [1.29, 1.82) is 0 Å². The highest BCUT2D eigenvalue weighted by molar-refractivity contribution is 7.99. The summed E-state index contributed by atoms with van der Waals surface area (Å²) in [6.07, 6.45) is 3.47. The van der Waals surface area contributed by atoms with Gasteiger partial charge in [-0.1, -0.05) is 35.5 Å². The number of nitrogens with one attached hydrogen (secondary N) is 1. The molecule has 2 aromatic heterocycles. The summed E-state index contributed by atoms with van der Waals surface area (Å²) in [6, 6.07) is 14.0. The minimum absolute atomic E-state index is 0.0655. The normalized spacial score (nSPS) is 10.8. The van der Waals surface area contributed by atoms with Gasteiger partial charge in [-0.3, -0.25) is 4.79 Å². The fraction of sp³-hybridized carbons (Fsp3) is 0.167. The fourth-order valence-corrected chi connectivity index (χ4v) is 4.13. The minimum atomic E-state index is -0.585. The summed E-state index contributed by atoms with van der Waals surface area (Å²) in [5, 5.41) is 4.57. The maximum absolute atomic E-state index is 12.8. The van der Waals surface area contributed by atoms with Crippen LogP contribution in [0.3, 0.4) is 0 Å². The van der Waals surface area contributed by atoms with Crippen molar-refractivity contribution in [3.8, 4) is 5.75 Å². The molecule has 0 saturated heterocycles. The van der Waals surface area contributed by atoms with Crippen molar-refractivity contribution in [2.24, 2.45) is 7.05 Å². The summed E-state index contributed by atoms with van der Waals surface area (Å²) in [4.78, 5) is 33.8. The number of carbonyl (C=O) groups is 2. The summed E-state index contributed by atoms with van der Waals surface area (Å²) in [7, 11) is 3.43. The van der Waals surface area contributed by atoms with Gasteiger partial charge in [0.1, 0.15) is 17.5 Å². The Hall–Kier alpha value is -3.56. The Morgan fingerprint density at radius 1 is 1.18 bits per heavy atom. The standard InChI is InChI=1S/C24H21ClN4O4S/c1-29-10-9-26-24(29)34-14-21(30)27-19-6-4-3-5-18(19)23(31)33-13-16-11-15-7-8-17(32-2)12-20(15)28-22(16)25/h3-12H,13-14H2,1-2H3,(H,27,30). The average molecular weight is 497 g/mol. The molecule has 0 aliphatic rings. The first kappa shape index (κ1) is 23.6. The number of anilines is 1. The quantitative estimate of drug-likeness (QED) is 0.214. The minimum Gasteiger partial charge on any atom is -0.497 e. The Morgan fingerprint density at radius 2 is 2.00 bits per heavy atom. The van der Waals surface area contributed by atoms with Crippen molar-refractivity contribution >= 4 is 51.8 Å². The van der Waals surface area contributed by atoms with Gasteiger partial charge >= 0.3 is 5.97 Å². The van der Waals surface area contributed by atoms with E-state index in [1.165, 1.54) is 11.8 Å². The molecule has 8 nitrogen and oxygen atoms in total. The summed E-state index contributed by atoms with van der Waals surface area (Å²) >= 11 is 7.61. The highest BCUT2D eigenvalue weighted by atomic mass is 35.5. The summed E-state index contributed by atoms with van der Waals surface area (Å²) in [5.41, 5.74) is 1.86. The van der Waals surface area contributed by atoms with Crippen LogP contribution in [0.4, 0.5) is 5.69 Å².